The van der Waals surface area contributed by atoms with Crippen molar-refractivity contribution in [2.75, 3.05) is 13.7 Å². The van der Waals surface area contributed by atoms with Crippen molar-refractivity contribution in [2.45, 2.75) is 13.8 Å². The minimum atomic E-state index is -0.669. The van der Waals surface area contributed by atoms with E-state index >= 15 is 0 Å². The average molecular weight is 546 g/mol. The van der Waals surface area contributed by atoms with Gasteiger partial charge in [-0.1, -0.05) is 11.6 Å². The maximum Gasteiger partial charge on any atom is 0.348 e. The number of methoxy groups -OCH3 is 1. The van der Waals surface area contributed by atoms with Gasteiger partial charge in [-0.25, -0.2) is 18.5 Å². The zero-order chi connectivity index (χ0) is 25.7. The lowest BCUT2D eigenvalue weighted by Gasteiger charge is -2.07. The highest BCUT2D eigenvalue weighted by Crippen LogP contribution is 2.39. The number of H-pyrrole nitrogens is 1. The summed E-state index contributed by atoms with van der Waals surface area (Å²) in [5.41, 5.74) is 0.384. The first-order valence-corrected chi connectivity index (χ1v) is 12.6. The zero-order valence-electron chi connectivity index (χ0n) is 19.1. The Kier molecular flexibility index (Phi) is 6.15. The van der Waals surface area contributed by atoms with E-state index in [9.17, 15) is 18.8 Å². The second kappa shape index (κ2) is 9.16. The van der Waals surface area contributed by atoms with Crippen LogP contribution in [0.5, 0.6) is 5.75 Å². The minimum Gasteiger partial charge on any atom is -0.494 e. The number of carbonyl (C=O) groups excluding carboxylic acids is 1. The predicted molar refractivity (Wildman–Crippen MR) is 139 cm³/mol. The maximum atomic E-state index is 14.0. The first-order valence-electron chi connectivity index (χ1n) is 10.6. The van der Waals surface area contributed by atoms with Gasteiger partial charge in [0.05, 0.1) is 40.8 Å². The number of aromatic amines is 1. The fraction of sp³-hybridized carbons (Fsp3) is 0.167. The third-order valence-corrected chi connectivity index (χ3v) is 8.28. The number of aryl methyl sites for hydroxylation is 1. The number of carbonyl (C=O) groups is 1. The summed E-state index contributed by atoms with van der Waals surface area (Å²) in [6.45, 7) is 3.67. The number of esters is 1. The summed E-state index contributed by atoms with van der Waals surface area (Å²) in [4.78, 5) is 46.9. The lowest BCUT2D eigenvalue weighted by Crippen LogP contribution is -2.33. The number of pyridine rings is 1. The van der Waals surface area contributed by atoms with Crippen molar-refractivity contribution in [3.8, 4) is 21.9 Å². The largest absolute Gasteiger partial charge is 0.494 e. The number of nitrogens with one attached hydrogen (secondary N) is 1. The predicted octanol–water partition coefficient (Wildman–Crippen LogP) is 5.30. The Balaban J connectivity index is 1.73. The first kappa shape index (κ1) is 24.2. The van der Waals surface area contributed by atoms with Gasteiger partial charge in [-0.05, 0) is 37.6 Å². The quantitative estimate of drug-likeness (QED) is 0.300. The molecule has 0 saturated heterocycles. The SMILES string of the molecule is CCOC(=O)c1sc2cncc(-n3c(=O)[nH]c4cc(-c5cc(OC)c(F)cc5Cl)sc4c3=O)c2c1C. The van der Waals surface area contributed by atoms with Crippen LogP contribution >= 0.6 is 34.3 Å². The topological polar surface area (TPSA) is 103 Å². The maximum absolute atomic E-state index is 14.0. The average Bonchev–Trinajstić information content (AvgIpc) is 3.41. The van der Waals surface area contributed by atoms with Crippen LogP contribution in [0.4, 0.5) is 4.39 Å². The molecule has 0 unspecified atom stereocenters. The molecule has 0 bridgehead atoms. The molecule has 0 saturated carbocycles. The molecule has 0 atom stereocenters. The van der Waals surface area contributed by atoms with Crippen molar-refractivity contribution < 1.29 is 18.7 Å². The van der Waals surface area contributed by atoms with Crippen molar-refractivity contribution >= 4 is 60.5 Å². The van der Waals surface area contributed by atoms with Crippen molar-refractivity contribution in [3.63, 3.8) is 0 Å². The van der Waals surface area contributed by atoms with Crippen LogP contribution in [0.1, 0.15) is 22.2 Å². The lowest BCUT2D eigenvalue weighted by atomic mass is 10.1. The molecule has 0 radical (unpaired) electrons. The normalized spacial score (nSPS) is 11.4. The molecule has 0 aliphatic carbocycles. The molecule has 36 heavy (non-hydrogen) atoms. The fourth-order valence-electron chi connectivity index (χ4n) is 3.98. The van der Waals surface area contributed by atoms with E-state index in [0.29, 0.717) is 36.5 Å². The number of benzene rings is 1. The van der Waals surface area contributed by atoms with Gasteiger partial charge in [-0.15, -0.1) is 22.7 Å². The van der Waals surface area contributed by atoms with E-state index in [1.54, 1.807) is 26.1 Å². The van der Waals surface area contributed by atoms with E-state index in [1.807, 2.05) is 0 Å². The number of aromatic nitrogens is 3. The third kappa shape index (κ3) is 3.80. The van der Waals surface area contributed by atoms with Crippen molar-refractivity contribution in [2.24, 2.45) is 0 Å². The van der Waals surface area contributed by atoms with E-state index in [2.05, 4.69) is 9.97 Å². The molecule has 1 aromatic carbocycles. The molecule has 12 heteroatoms. The van der Waals surface area contributed by atoms with Crippen LogP contribution < -0.4 is 16.0 Å². The van der Waals surface area contributed by atoms with Gasteiger partial charge in [0.1, 0.15) is 9.58 Å². The van der Waals surface area contributed by atoms with Gasteiger partial charge in [-0.2, -0.15) is 0 Å². The summed E-state index contributed by atoms with van der Waals surface area (Å²) in [6.07, 6.45) is 2.99. The van der Waals surface area contributed by atoms with E-state index in [4.69, 9.17) is 21.1 Å². The molecule has 4 heterocycles. The van der Waals surface area contributed by atoms with Gasteiger partial charge in [0.15, 0.2) is 11.6 Å². The second-order valence-corrected chi connectivity index (χ2v) is 10.2. The highest BCUT2D eigenvalue weighted by Gasteiger charge is 2.22. The number of ether oxygens (including phenoxy) is 2. The number of rotatable bonds is 5. The number of hydrogen-bond acceptors (Lipinski definition) is 8. The molecule has 4 aromatic heterocycles. The number of fused-ring (bicyclic) bond motifs is 2. The number of hydrogen-bond donors (Lipinski definition) is 1. The summed E-state index contributed by atoms with van der Waals surface area (Å²) >= 11 is 8.55. The Labute approximate surface area is 215 Å². The van der Waals surface area contributed by atoms with Gasteiger partial charge in [-0.3, -0.25) is 9.78 Å². The molecule has 184 valence electrons. The molecule has 5 rings (SSSR count). The Morgan fingerprint density at radius 3 is 2.72 bits per heavy atom. The van der Waals surface area contributed by atoms with Crippen LogP contribution in [-0.4, -0.2) is 34.2 Å². The number of thiophene rings is 2. The highest BCUT2D eigenvalue weighted by molar-refractivity contribution is 7.22. The van der Waals surface area contributed by atoms with Crippen LogP contribution in [0.15, 0.2) is 40.2 Å². The van der Waals surface area contributed by atoms with Gasteiger partial charge in [0, 0.05) is 22.0 Å². The molecule has 8 nitrogen and oxygen atoms in total. The Morgan fingerprint density at radius 2 is 2.00 bits per heavy atom. The Bertz CT molecular complexity index is 1800. The molecule has 1 N–H and O–H groups in total. The molecule has 5 aromatic rings. The summed E-state index contributed by atoms with van der Waals surface area (Å²) in [7, 11) is 1.34. The third-order valence-electron chi connectivity index (χ3n) is 5.60. The van der Waals surface area contributed by atoms with Gasteiger partial charge < -0.3 is 14.5 Å². The van der Waals surface area contributed by atoms with Gasteiger partial charge in [0.25, 0.3) is 5.56 Å². The monoisotopic (exact) mass is 545 g/mol. The van der Waals surface area contributed by atoms with Crippen LogP contribution in [0, 0.1) is 12.7 Å². The van der Waals surface area contributed by atoms with E-state index in [1.165, 1.54) is 30.7 Å². The molecule has 0 aliphatic rings. The Hall–Kier alpha value is -3.54. The van der Waals surface area contributed by atoms with Crippen LogP contribution in [-0.2, 0) is 4.74 Å². The summed E-state index contributed by atoms with van der Waals surface area (Å²) < 4.78 is 26.1. The first-order chi connectivity index (χ1) is 17.2. The lowest BCUT2D eigenvalue weighted by molar-refractivity contribution is 0.0531. The molecule has 0 fully saturated rings. The summed E-state index contributed by atoms with van der Waals surface area (Å²) in [5, 5.41) is 0.699. The van der Waals surface area contributed by atoms with Crippen LogP contribution in [0.2, 0.25) is 5.02 Å². The van der Waals surface area contributed by atoms with Crippen LogP contribution in [0.25, 0.3) is 36.4 Å². The molecular weight excluding hydrogens is 529 g/mol. The van der Waals surface area contributed by atoms with E-state index in [-0.39, 0.29) is 27.8 Å². The number of halogens is 2. The molecule has 0 spiro atoms. The van der Waals surface area contributed by atoms with Gasteiger partial charge >= 0.3 is 11.7 Å². The standard InChI is InChI=1S/C24H17ClFN3O5S2/c1-4-34-23(31)20-10(2)19-15(8-27-9-18(19)36-20)29-22(30)21-14(28-24(29)32)7-17(35-21)11-5-16(33-3)13(26)6-12(11)25/h5-9H,4H2,1-3H3,(H,28,32). The summed E-state index contributed by atoms with van der Waals surface area (Å²) in [5.74, 6) is -1.09. The van der Waals surface area contributed by atoms with E-state index in [0.717, 1.165) is 22.0 Å². The zero-order valence-corrected chi connectivity index (χ0v) is 21.5. The fourth-order valence-corrected chi connectivity index (χ4v) is 6.45. The second-order valence-electron chi connectivity index (χ2n) is 7.70. The Morgan fingerprint density at radius 1 is 1.22 bits per heavy atom. The van der Waals surface area contributed by atoms with Crippen molar-refractivity contribution in [1.82, 2.24) is 14.5 Å². The van der Waals surface area contributed by atoms with Crippen molar-refractivity contribution in [3.05, 3.63) is 72.7 Å². The van der Waals surface area contributed by atoms with Gasteiger partial charge in [0.2, 0.25) is 0 Å². The minimum absolute atomic E-state index is 0.000787. The molecule has 0 amide bonds. The molecular formula is C24H17ClFN3O5S2. The molecule has 0 aliphatic heterocycles. The van der Waals surface area contributed by atoms with E-state index < -0.39 is 23.0 Å². The summed E-state index contributed by atoms with van der Waals surface area (Å²) in [6, 6.07) is 4.18. The highest BCUT2D eigenvalue weighted by atomic mass is 35.5. The number of nitrogens with zero attached hydrogens (tertiary/aromatic N) is 2. The van der Waals surface area contributed by atoms with Crippen LogP contribution in [0.3, 0.4) is 0 Å². The van der Waals surface area contributed by atoms with Crippen molar-refractivity contribution in [1.29, 1.82) is 0 Å². The smallest absolute Gasteiger partial charge is 0.348 e.